The maximum absolute atomic E-state index is 5.73. The largest absolute Gasteiger partial charge is 0.444 e. The van der Waals surface area contributed by atoms with E-state index < -0.39 is 0 Å². The quantitative estimate of drug-likeness (QED) is 0.827. The molecule has 100 valence electrons. The van der Waals surface area contributed by atoms with Crippen molar-refractivity contribution in [1.29, 1.82) is 0 Å². The molecule has 2 aromatic rings. The van der Waals surface area contributed by atoms with Gasteiger partial charge < -0.3 is 9.73 Å². The van der Waals surface area contributed by atoms with Gasteiger partial charge in [-0.25, -0.2) is 4.98 Å². The number of hydrogen-bond acceptors (Lipinski definition) is 3. The molecule has 0 unspecified atom stereocenters. The van der Waals surface area contributed by atoms with Crippen LogP contribution in [0.4, 0.5) is 0 Å². The number of rotatable bonds is 7. The highest BCUT2D eigenvalue weighted by atomic mass is 16.4. The van der Waals surface area contributed by atoms with Crippen molar-refractivity contribution in [1.82, 2.24) is 10.3 Å². The summed E-state index contributed by atoms with van der Waals surface area (Å²) in [6.45, 7) is 0.767. The van der Waals surface area contributed by atoms with E-state index in [9.17, 15) is 0 Å². The number of oxazole rings is 1. The maximum atomic E-state index is 5.73. The summed E-state index contributed by atoms with van der Waals surface area (Å²) in [5.74, 6) is 1.82. The zero-order valence-corrected chi connectivity index (χ0v) is 11.1. The molecule has 19 heavy (non-hydrogen) atoms. The van der Waals surface area contributed by atoms with Gasteiger partial charge in [-0.3, -0.25) is 0 Å². The summed E-state index contributed by atoms with van der Waals surface area (Å²) in [6.07, 6.45) is 7.63. The maximum Gasteiger partial charge on any atom is 0.208 e. The van der Waals surface area contributed by atoms with Crippen molar-refractivity contribution in [2.45, 2.75) is 44.7 Å². The van der Waals surface area contributed by atoms with Crippen LogP contribution in [-0.2, 0) is 19.4 Å². The molecule has 1 N–H and O–H groups in total. The Morgan fingerprint density at radius 2 is 2.00 bits per heavy atom. The first-order chi connectivity index (χ1) is 9.40. The second-order valence-corrected chi connectivity index (χ2v) is 5.21. The van der Waals surface area contributed by atoms with Gasteiger partial charge in [0.05, 0.1) is 12.7 Å². The van der Waals surface area contributed by atoms with Gasteiger partial charge >= 0.3 is 0 Å². The van der Waals surface area contributed by atoms with Gasteiger partial charge in [0.15, 0.2) is 0 Å². The van der Waals surface area contributed by atoms with Gasteiger partial charge in [-0.15, -0.1) is 0 Å². The molecule has 0 spiro atoms. The summed E-state index contributed by atoms with van der Waals surface area (Å²) in [4.78, 5) is 4.31. The number of aryl methyl sites for hydroxylation is 2. The third kappa shape index (κ3) is 3.93. The zero-order valence-electron chi connectivity index (χ0n) is 11.1. The highest BCUT2D eigenvalue weighted by Crippen LogP contribution is 2.19. The minimum atomic E-state index is 0.702. The van der Waals surface area contributed by atoms with Gasteiger partial charge in [0.1, 0.15) is 5.76 Å². The van der Waals surface area contributed by atoms with Gasteiger partial charge in [-0.1, -0.05) is 30.3 Å². The van der Waals surface area contributed by atoms with Gasteiger partial charge in [-0.2, -0.15) is 0 Å². The molecule has 3 rings (SSSR count). The lowest BCUT2D eigenvalue weighted by atomic mass is 10.1. The van der Waals surface area contributed by atoms with Gasteiger partial charge in [0, 0.05) is 12.5 Å². The second kappa shape index (κ2) is 6.02. The smallest absolute Gasteiger partial charge is 0.208 e. The van der Waals surface area contributed by atoms with Gasteiger partial charge in [-0.05, 0) is 31.2 Å². The Bertz CT molecular complexity index is 502. The lowest BCUT2D eigenvalue weighted by molar-refractivity contribution is 0.431. The Kier molecular flexibility index (Phi) is 3.94. The third-order valence-electron chi connectivity index (χ3n) is 3.45. The normalized spacial score (nSPS) is 14.7. The third-order valence-corrected chi connectivity index (χ3v) is 3.45. The van der Waals surface area contributed by atoms with Crippen molar-refractivity contribution in [3.8, 4) is 0 Å². The molecule has 1 aromatic carbocycles. The Labute approximate surface area is 114 Å². The summed E-state index contributed by atoms with van der Waals surface area (Å²) in [5, 5.41) is 3.41. The fraction of sp³-hybridized carbons (Fsp3) is 0.438. The monoisotopic (exact) mass is 256 g/mol. The lowest BCUT2D eigenvalue weighted by Gasteiger charge is -1.99. The number of nitrogens with zero attached hydrogens (tertiary/aromatic N) is 1. The topological polar surface area (TPSA) is 38.1 Å². The van der Waals surface area contributed by atoms with Crippen LogP contribution in [0.3, 0.4) is 0 Å². The molecule has 1 aromatic heterocycles. The predicted octanol–water partition coefficient (Wildman–Crippen LogP) is 3.10. The molecule has 0 amide bonds. The van der Waals surface area contributed by atoms with Gasteiger partial charge in [0.25, 0.3) is 0 Å². The first-order valence-electron chi connectivity index (χ1n) is 7.11. The Morgan fingerprint density at radius 3 is 2.79 bits per heavy atom. The van der Waals surface area contributed by atoms with Crippen molar-refractivity contribution in [2.24, 2.45) is 0 Å². The van der Waals surface area contributed by atoms with Crippen molar-refractivity contribution in [2.75, 3.05) is 0 Å². The van der Waals surface area contributed by atoms with Crippen molar-refractivity contribution in [3.05, 3.63) is 53.7 Å². The van der Waals surface area contributed by atoms with Crippen molar-refractivity contribution < 1.29 is 4.42 Å². The molecule has 1 fully saturated rings. The van der Waals surface area contributed by atoms with E-state index in [1.807, 2.05) is 6.20 Å². The van der Waals surface area contributed by atoms with E-state index >= 15 is 0 Å². The summed E-state index contributed by atoms with van der Waals surface area (Å²) in [6, 6.07) is 11.3. The molecule has 1 saturated carbocycles. The first-order valence-corrected chi connectivity index (χ1v) is 7.11. The molecule has 0 saturated heterocycles. The fourth-order valence-electron chi connectivity index (χ4n) is 2.18. The average Bonchev–Trinajstić information content (AvgIpc) is 3.17. The van der Waals surface area contributed by atoms with Crippen molar-refractivity contribution >= 4 is 0 Å². The zero-order chi connectivity index (χ0) is 12.9. The van der Waals surface area contributed by atoms with Crippen LogP contribution in [0.2, 0.25) is 0 Å². The van der Waals surface area contributed by atoms with Crippen LogP contribution in [0.1, 0.15) is 36.5 Å². The Morgan fingerprint density at radius 1 is 1.16 bits per heavy atom. The highest BCUT2D eigenvalue weighted by Gasteiger charge is 2.20. The summed E-state index contributed by atoms with van der Waals surface area (Å²) >= 11 is 0. The molecule has 1 aliphatic carbocycles. The van der Waals surface area contributed by atoms with E-state index in [1.165, 1.54) is 18.4 Å². The van der Waals surface area contributed by atoms with Crippen LogP contribution >= 0.6 is 0 Å². The summed E-state index contributed by atoms with van der Waals surface area (Å²) in [5.41, 5.74) is 1.39. The lowest BCUT2D eigenvalue weighted by Crippen LogP contribution is -2.15. The van der Waals surface area contributed by atoms with E-state index in [2.05, 4.69) is 40.6 Å². The molecular formula is C16H20N2O. The molecule has 1 heterocycles. The highest BCUT2D eigenvalue weighted by molar-refractivity contribution is 5.14. The molecule has 0 radical (unpaired) electrons. The molecular weight excluding hydrogens is 236 g/mol. The van der Waals surface area contributed by atoms with E-state index in [0.717, 1.165) is 37.5 Å². The Hall–Kier alpha value is -1.61. The number of benzene rings is 1. The van der Waals surface area contributed by atoms with Crippen LogP contribution < -0.4 is 5.32 Å². The van der Waals surface area contributed by atoms with Crippen LogP contribution in [-0.4, -0.2) is 11.0 Å². The molecule has 3 heteroatoms. The number of hydrogen-bond donors (Lipinski definition) is 1. The van der Waals surface area contributed by atoms with E-state index in [1.54, 1.807) is 0 Å². The molecule has 0 bridgehead atoms. The van der Waals surface area contributed by atoms with E-state index in [4.69, 9.17) is 4.42 Å². The SMILES string of the molecule is c1ccc(CCCc2cnc(CNC3CC3)o2)cc1. The van der Waals surface area contributed by atoms with Crippen LogP contribution in [0.5, 0.6) is 0 Å². The number of nitrogens with one attached hydrogen (secondary N) is 1. The Balaban J connectivity index is 1.42. The summed E-state index contributed by atoms with van der Waals surface area (Å²) < 4.78 is 5.73. The van der Waals surface area contributed by atoms with E-state index in [-0.39, 0.29) is 0 Å². The van der Waals surface area contributed by atoms with Crippen molar-refractivity contribution in [3.63, 3.8) is 0 Å². The predicted molar refractivity (Wildman–Crippen MR) is 74.8 cm³/mol. The molecule has 1 aliphatic rings. The minimum Gasteiger partial charge on any atom is -0.444 e. The van der Waals surface area contributed by atoms with Crippen LogP contribution in [0.15, 0.2) is 40.9 Å². The van der Waals surface area contributed by atoms with E-state index in [0.29, 0.717) is 6.04 Å². The summed E-state index contributed by atoms with van der Waals surface area (Å²) in [7, 11) is 0. The standard InChI is InChI=1S/C16H20N2O/c1-2-5-13(6-3-1)7-4-8-15-11-18-16(19-15)12-17-14-9-10-14/h1-3,5-6,11,14,17H,4,7-10,12H2. The fourth-order valence-corrected chi connectivity index (χ4v) is 2.18. The average molecular weight is 256 g/mol. The first kappa shape index (κ1) is 12.4. The minimum absolute atomic E-state index is 0.702. The molecule has 3 nitrogen and oxygen atoms in total. The van der Waals surface area contributed by atoms with Crippen LogP contribution in [0.25, 0.3) is 0 Å². The second-order valence-electron chi connectivity index (χ2n) is 5.21. The van der Waals surface area contributed by atoms with Gasteiger partial charge in [0.2, 0.25) is 5.89 Å². The molecule has 0 atom stereocenters. The number of aromatic nitrogens is 1. The molecule has 0 aliphatic heterocycles. The van der Waals surface area contributed by atoms with Crippen LogP contribution in [0, 0.1) is 0 Å².